The van der Waals surface area contributed by atoms with Crippen LogP contribution in [0.15, 0.2) is 108 Å². The summed E-state index contributed by atoms with van der Waals surface area (Å²) < 4.78 is 18.5. The van der Waals surface area contributed by atoms with Crippen LogP contribution in [0.2, 0.25) is 0 Å². The quantitative estimate of drug-likeness (QED) is 0.277. The molecule has 176 valence electrons. The van der Waals surface area contributed by atoms with E-state index in [2.05, 4.69) is 10.6 Å². The topological polar surface area (TPSA) is 67.4 Å². The van der Waals surface area contributed by atoms with E-state index in [1.807, 2.05) is 54.6 Å². The molecule has 0 aliphatic heterocycles. The molecule has 0 aliphatic rings. The molecule has 4 aromatic carbocycles. The summed E-state index contributed by atoms with van der Waals surface area (Å²) in [5.74, 6) is -0.381. The van der Waals surface area contributed by atoms with Crippen LogP contribution in [-0.2, 0) is 4.79 Å². The normalized spacial score (nSPS) is 11.4. The number of anilines is 2. The minimum absolute atomic E-state index is 0.202. The number of benzene rings is 4. The number of halogens is 1. The third-order valence-electron chi connectivity index (χ3n) is 5.16. The van der Waals surface area contributed by atoms with Crippen LogP contribution in [0.5, 0.6) is 5.75 Å². The number of amides is 2. The number of hydrogen-bond donors (Lipinski definition) is 2. The van der Waals surface area contributed by atoms with Crippen molar-refractivity contribution in [3.05, 3.63) is 120 Å². The van der Waals surface area contributed by atoms with Crippen LogP contribution in [0.4, 0.5) is 15.8 Å². The molecule has 0 bridgehead atoms. The lowest BCUT2D eigenvalue weighted by Gasteiger charge is -2.18. The number of thioether (sulfide) groups is 1. The Kier molecular flexibility index (Phi) is 7.80. The van der Waals surface area contributed by atoms with Gasteiger partial charge in [0.25, 0.3) is 5.91 Å². The number of rotatable bonds is 8. The van der Waals surface area contributed by atoms with E-state index in [9.17, 15) is 14.0 Å². The first-order valence-corrected chi connectivity index (χ1v) is 11.7. The van der Waals surface area contributed by atoms with Gasteiger partial charge in [-0.3, -0.25) is 9.59 Å². The van der Waals surface area contributed by atoms with Crippen LogP contribution in [0.1, 0.15) is 21.2 Å². The smallest absolute Gasteiger partial charge is 0.255 e. The first kappa shape index (κ1) is 24.0. The van der Waals surface area contributed by atoms with Gasteiger partial charge in [0.1, 0.15) is 16.8 Å². The Morgan fingerprint density at radius 2 is 1.54 bits per heavy atom. The predicted molar refractivity (Wildman–Crippen MR) is 137 cm³/mol. The van der Waals surface area contributed by atoms with E-state index in [0.717, 1.165) is 10.5 Å². The lowest BCUT2D eigenvalue weighted by atomic mass is 10.1. The summed E-state index contributed by atoms with van der Waals surface area (Å²) in [6.07, 6.45) is 0. The molecule has 4 aromatic rings. The maximum Gasteiger partial charge on any atom is 0.255 e. The highest BCUT2D eigenvalue weighted by atomic mass is 32.2. The van der Waals surface area contributed by atoms with Crippen LogP contribution in [0.3, 0.4) is 0 Å². The fourth-order valence-electron chi connectivity index (χ4n) is 3.43. The van der Waals surface area contributed by atoms with E-state index in [-0.39, 0.29) is 11.8 Å². The van der Waals surface area contributed by atoms with Crippen molar-refractivity contribution in [2.24, 2.45) is 0 Å². The van der Waals surface area contributed by atoms with Crippen molar-refractivity contribution in [3.63, 3.8) is 0 Å². The minimum atomic E-state index is -0.552. The van der Waals surface area contributed by atoms with Gasteiger partial charge in [-0.2, -0.15) is 0 Å². The van der Waals surface area contributed by atoms with Gasteiger partial charge in [0.2, 0.25) is 5.91 Å². The van der Waals surface area contributed by atoms with E-state index in [1.165, 1.54) is 36.0 Å². The Balaban J connectivity index is 1.55. The molecule has 0 heterocycles. The summed E-state index contributed by atoms with van der Waals surface area (Å²) >= 11 is 1.37. The predicted octanol–water partition coefficient (Wildman–Crippen LogP) is 6.56. The van der Waals surface area contributed by atoms with Crippen LogP contribution in [0, 0.1) is 5.82 Å². The molecule has 1 unspecified atom stereocenters. The first-order valence-electron chi connectivity index (χ1n) is 10.9. The molecule has 0 fully saturated rings. The molecule has 4 rings (SSSR count). The van der Waals surface area contributed by atoms with Gasteiger partial charge in [0.15, 0.2) is 0 Å². The minimum Gasteiger partial charge on any atom is -0.495 e. The molecular formula is C28H23FN2O3S. The molecule has 1 atom stereocenters. The standard InChI is InChI=1S/C28H23FN2O3S/c1-34-25-13-6-5-12-24(25)31-28(33)26(19-8-3-2-4-9-19)35-23-11-7-10-22(18-23)30-27(32)20-14-16-21(29)17-15-20/h2-18,26H,1H3,(H,30,32)(H,31,33). The SMILES string of the molecule is COc1ccccc1NC(=O)C(Sc1cccc(NC(=O)c2ccc(F)cc2)c1)c1ccccc1. The highest BCUT2D eigenvalue weighted by Gasteiger charge is 2.23. The van der Waals surface area contributed by atoms with Gasteiger partial charge in [-0.1, -0.05) is 48.5 Å². The fourth-order valence-corrected chi connectivity index (χ4v) is 4.52. The van der Waals surface area contributed by atoms with Crippen LogP contribution in [-0.4, -0.2) is 18.9 Å². The second-order valence-corrected chi connectivity index (χ2v) is 8.77. The second-order valence-electron chi connectivity index (χ2n) is 7.59. The van der Waals surface area contributed by atoms with Crippen molar-refractivity contribution < 1.29 is 18.7 Å². The van der Waals surface area contributed by atoms with Gasteiger partial charge in [-0.15, -0.1) is 11.8 Å². The van der Waals surface area contributed by atoms with Gasteiger partial charge >= 0.3 is 0 Å². The van der Waals surface area contributed by atoms with Crippen molar-refractivity contribution >= 4 is 35.0 Å². The third kappa shape index (κ3) is 6.28. The van der Waals surface area contributed by atoms with Gasteiger partial charge in [-0.05, 0) is 60.2 Å². The molecule has 35 heavy (non-hydrogen) atoms. The van der Waals surface area contributed by atoms with E-state index >= 15 is 0 Å². The maximum absolute atomic E-state index is 13.4. The van der Waals surface area contributed by atoms with Gasteiger partial charge in [0, 0.05) is 16.1 Å². The molecule has 0 saturated heterocycles. The fraction of sp³-hybridized carbons (Fsp3) is 0.0714. The maximum atomic E-state index is 13.4. The number of carbonyl (C=O) groups is 2. The summed E-state index contributed by atoms with van der Waals surface area (Å²) in [6.45, 7) is 0. The number of methoxy groups -OCH3 is 1. The molecule has 0 radical (unpaired) electrons. The average Bonchev–Trinajstić information content (AvgIpc) is 2.88. The molecule has 0 aliphatic carbocycles. The third-order valence-corrected chi connectivity index (χ3v) is 6.41. The summed E-state index contributed by atoms with van der Waals surface area (Å²) in [5, 5.41) is 5.24. The molecule has 2 N–H and O–H groups in total. The molecule has 0 saturated carbocycles. The zero-order valence-electron chi connectivity index (χ0n) is 18.9. The lowest BCUT2D eigenvalue weighted by molar-refractivity contribution is -0.115. The number of ether oxygens (including phenoxy) is 1. The van der Waals surface area contributed by atoms with Crippen molar-refractivity contribution in [2.75, 3.05) is 17.7 Å². The Morgan fingerprint density at radius 3 is 2.29 bits per heavy atom. The van der Waals surface area contributed by atoms with Crippen molar-refractivity contribution in [3.8, 4) is 5.75 Å². The van der Waals surface area contributed by atoms with Crippen molar-refractivity contribution in [2.45, 2.75) is 10.1 Å². The number of para-hydroxylation sites is 2. The number of hydrogen-bond acceptors (Lipinski definition) is 4. The highest BCUT2D eigenvalue weighted by molar-refractivity contribution is 8.00. The summed E-state index contributed by atoms with van der Waals surface area (Å²) in [4.78, 5) is 26.7. The number of carbonyl (C=O) groups excluding carboxylic acids is 2. The van der Waals surface area contributed by atoms with Gasteiger partial charge in [-0.25, -0.2) is 4.39 Å². The zero-order chi connectivity index (χ0) is 24.6. The van der Waals surface area contributed by atoms with Gasteiger partial charge < -0.3 is 15.4 Å². The van der Waals surface area contributed by atoms with Crippen LogP contribution >= 0.6 is 11.8 Å². The molecule has 5 nitrogen and oxygen atoms in total. The van der Waals surface area contributed by atoms with E-state index in [1.54, 1.807) is 31.4 Å². The summed E-state index contributed by atoms with van der Waals surface area (Å²) in [7, 11) is 1.56. The zero-order valence-corrected chi connectivity index (χ0v) is 19.7. The monoisotopic (exact) mass is 486 g/mol. The van der Waals surface area contributed by atoms with Gasteiger partial charge in [0.05, 0.1) is 12.8 Å². The molecule has 0 spiro atoms. The molecule has 7 heteroatoms. The Bertz CT molecular complexity index is 1310. The number of nitrogens with one attached hydrogen (secondary N) is 2. The first-order chi connectivity index (χ1) is 17.0. The Hall–Kier alpha value is -4.10. The molecule has 0 aromatic heterocycles. The van der Waals surface area contributed by atoms with Crippen molar-refractivity contribution in [1.82, 2.24) is 0 Å². The average molecular weight is 487 g/mol. The lowest BCUT2D eigenvalue weighted by Crippen LogP contribution is -2.19. The van der Waals surface area contributed by atoms with Crippen LogP contribution < -0.4 is 15.4 Å². The Morgan fingerprint density at radius 1 is 0.829 bits per heavy atom. The van der Waals surface area contributed by atoms with Crippen molar-refractivity contribution in [1.29, 1.82) is 0 Å². The molecule has 2 amide bonds. The van der Waals surface area contributed by atoms with Crippen LogP contribution in [0.25, 0.3) is 0 Å². The van der Waals surface area contributed by atoms with E-state index < -0.39 is 11.1 Å². The summed E-state index contributed by atoms with van der Waals surface area (Å²) in [6, 6.07) is 29.3. The second kappa shape index (κ2) is 11.4. The largest absolute Gasteiger partial charge is 0.495 e. The highest BCUT2D eigenvalue weighted by Crippen LogP contribution is 2.38. The Labute approximate surface area is 207 Å². The van der Waals surface area contributed by atoms with E-state index in [4.69, 9.17) is 4.74 Å². The summed E-state index contributed by atoms with van der Waals surface area (Å²) in [5.41, 5.74) is 2.34. The molecular weight excluding hydrogens is 463 g/mol. The van der Waals surface area contributed by atoms with E-state index in [0.29, 0.717) is 22.7 Å².